The van der Waals surface area contributed by atoms with Gasteiger partial charge in [-0.05, 0) is 36.5 Å². The molecule has 4 heterocycles. The smallest absolute Gasteiger partial charge is 0.423 e. The van der Waals surface area contributed by atoms with Gasteiger partial charge in [-0.25, -0.2) is 14.2 Å². The molecule has 6 rings (SSSR count). The molecule has 3 aromatic rings. The molecule has 9 nitrogen and oxygen atoms in total. The molecule has 0 saturated heterocycles. The van der Waals surface area contributed by atoms with Crippen molar-refractivity contribution >= 4 is 34.4 Å². The summed E-state index contributed by atoms with van der Waals surface area (Å²) in [4.78, 5) is 42.9. The lowest BCUT2D eigenvalue weighted by Gasteiger charge is -2.31. The van der Waals surface area contributed by atoms with E-state index in [1.807, 2.05) is 0 Å². The molecule has 3 aliphatic rings. The molecule has 2 aliphatic heterocycles. The minimum absolute atomic E-state index is 0.0255. The molecule has 1 unspecified atom stereocenters. The molecule has 1 amide bonds. The Morgan fingerprint density at radius 2 is 2.02 bits per heavy atom. The number of fused-ring (bicyclic) bond motifs is 5. The number of alkyl halides is 3. The number of hydrogen-bond donors (Lipinski definition) is 3. The number of ether oxygens (including phenoxy) is 1. The van der Waals surface area contributed by atoms with Crippen LogP contribution in [0.4, 0.5) is 17.6 Å². The van der Waals surface area contributed by atoms with Crippen LogP contribution in [0.15, 0.2) is 16.9 Å². The van der Waals surface area contributed by atoms with E-state index in [4.69, 9.17) is 16.3 Å². The van der Waals surface area contributed by atoms with Crippen molar-refractivity contribution in [2.24, 2.45) is 0 Å². The highest BCUT2D eigenvalue weighted by Crippen LogP contribution is 2.46. The van der Waals surface area contributed by atoms with Crippen LogP contribution in [0.3, 0.4) is 0 Å². The average molecular weight is 582 g/mol. The van der Waals surface area contributed by atoms with Crippen LogP contribution in [-0.2, 0) is 39.5 Å². The second-order valence-electron chi connectivity index (χ2n) is 10.0. The summed E-state index contributed by atoms with van der Waals surface area (Å²) in [5, 5.41) is 23.0. The van der Waals surface area contributed by atoms with Gasteiger partial charge in [0.1, 0.15) is 12.4 Å². The van der Waals surface area contributed by atoms with Gasteiger partial charge in [0, 0.05) is 22.6 Å². The van der Waals surface area contributed by atoms with Crippen molar-refractivity contribution in [3.63, 3.8) is 0 Å². The summed E-state index contributed by atoms with van der Waals surface area (Å²) in [7, 11) is 0. The highest BCUT2D eigenvalue weighted by Gasteiger charge is 2.47. The molecule has 0 spiro atoms. The average Bonchev–Trinajstić information content (AvgIpc) is 3.27. The summed E-state index contributed by atoms with van der Waals surface area (Å²) < 4.78 is 60.3. The number of nitrogens with zero attached hydrogens (tertiary/aromatic N) is 2. The zero-order valence-electron chi connectivity index (χ0n) is 20.7. The number of pyridine rings is 2. The van der Waals surface area contributed by atoms with Gasteiger partial charge in [0.25, 0.3) is 11.5 Å². The SMILES string of the molecule is CC[C@@]1(O)C(=O)OCc2c1cc1n(c2=O)Cc2c-1nc1cc(F)c(Cl)c3c1c2[C@@H](NC(=O)C(O)C(F)(F)F)CC3. The van der Waals surface area contributed by atoms with Crippen molar-refractivity contribution in [3.05, 3.63) is 61.1 Å². The number of aryl methyl sites for hydroxylation is 1. The molecule has 14 heteroatoms. The fourth-order valence-electron chi connectivity index (χ4n) is 5.90. The van der Waals surface area contributed by atoms with Crippen molar-refractivity contribution < 1.29 is 42.1 Å². The van der Waals surface area contributed by atoms with Crippen LogP contribution < -0.4 is 10.9 Å². The number of esters is 1. The second kappa shape index (κ2) is 8.72. The molecule has 0 saturated carbocycles. The lowest BCUT2D eigenvalue weighted by molar-refractivity contribution is -0.205. The molecule has 0 bridgehead atoms. The van der Waals surface area contributed by atoms with Crippen LogP contribution in [0.1, 0.15) is 53.6 Å². The fraction of sp³-hybridized carbons (Fsp3) is 0.385. The van der Waals surface area contributed by atoms with E-state index in [1.54, 1.807) is 6.92 Å². The quantitative estimate of drug-likeness (QED) is 0.250. The Balaban J connectivity index is 1.60. The maximum atomic E-state index is 14.8. The molecule has 0 fully saturated rings. The second-order valence-corrected chi connectivity index (χ2v) is 10.4. The number of hydrogen-bond acceptors (Lipinski definition) is 7. The Hall–Kier alpha value is -3.55. The van der Waals surface area contributed by atoms with E-state index in [1.165, 1.54) is 10.6 Å². The molecule has 210 valence electrons. The predicted molar refractivity (Wildman–Crippen MR) is 131 cm³/mol. The molecule has 0 radical (unpaired) electrons. The number of carbonyl (C=O) groups excluding carboxylic acids is 2. The first kappa shape index (κ1) is 26.7. The molecule has 1 aliphatic carbocycles. The summed E-state index contributed by atoms with van der Waals surface area (Å²) in [6.07, 6.45) is -8.44. The van der Waals surface area contributed by atoms with Gasteiger partial charge in [0.2, 0.25) is 6.10 Å². The molecular formula is C26H20ClF4N3O6. The maximum Gasteiger partial charge on any atom is 0.423 e. The van der Waals surface area contributed by atoms with Crippen LogP contribution in [0, 0.1) is 5.82 Å². The van der Waals surface area contributed by atoms with Crippen molar-refractivity contribution in [1.29, 1.82) is 0 Å². The lowest BCUT2D eigenvalue weighted by atomic mass is 9.83. The van der Waals surface area contributed by atoms with Crippen molar-refractivity contribution in [2.75, 3.05) is 0 Å². The van der Waals surface area contributed by atoms with Crippen molar-refractivity contribution in [2.45, 2.75) is 63.3 Å². The van der Waals surface area contributed by atoms with Crippen LogP contribution in [0.5, 0.6) is 0 Å². The van der Waals surface area contributed by atoms with Gasteiger partial charge < -0.3 is 24.8 Å². The molecular weight excluding hydrogens is 562 g/mol. The number of aliphatic hydroxyl groups is 2. The number of halogens is 5. The van der Waals surface area contributed by atoms with Gasteiger partial charge in [0.15, 0.2) is 5.60 Å². The van der Waals surface area contributed by atoms with E-state index in [0.717, 1.165) is 6.07 Å². The van der Waals surface area contributed by atoms with Gasteiger partial charge in [-0.3, -0.25) is 9.59 Å². The Bertz CT molecular complexity index is 1720. The van der Waals surface area contributed by atoms with Crippen LogP contribution in [0.25, 0.3) is 22.3 Å². The van der Waals surface area contributed by atoms with E-state index in [-0.39, 0.29) is 65.5 Å². The number of aromatic nitrogens is 2. The zero-order valence-corrected chi connectivity index (χ0v) is 21.4. The molecule has 40 heavy (non-hydrogen) atoms. The molecule has 2 aromatic heterocycles. The van der Waals surface area contributed by atoms with Crippen molar-refractivity contribution in [1.82, 2.24) is 14.9 Å². The summed E-state index contributed by atoms with van der Waals surface area (Å²) in [6.45, 7) is 1.06. The minimum Gasteiger partial charge on any atom is -0.458 e. The van der Waals surface area contributed by atoms with Gasteiger partial charge in [-0.2, -0.15) is 13.2 Å². The first-order valence-corrected chi connectivity index (χ1v) is 12.7. The van der Waals surface area contributed by atoms with Gasteiger partial charge >= 0.3 is 12.1 Å². The standard InChI is InChI=1S/C26H20ClF4N3O6/c1-2-25(39)12-5-16-20-10(7-34(16)23(37)11(12)8-40-24(25)38)18-14(33-22(36)21(35)26(29,30)31)4-3-9-17(18)15(32-20)6-13(28)19(9)27/h5-6,14,21,35,39H,2-4,7-8H2,1H3,(H,33,36)/t14-,21?,25-/m0/s1. The first-order valence-electron chi connectivity index (χ1n) is 12.3. The summed E-state index contributed by atoms with van der Waals surface area (Å²) >= 11 is 6.25. The van der Waals surface area contributed by atoms with E-state index in [2.05, 4.69) is 10.3 Å². The lowest BCUT2D eigenvalue weighted by Crippen LogP contribution is -2.45. The number of cyclic esters (lactones) is 1. The first-order chi connectivity index (χ1) is 18.8. The van der Waals surface area contributed by atoms with Gasteiger partial charge in [-0.15, -0.1) is 0 Å². The Kier molecular flexibility index (Phi) is 5.81. The Morgan fingerprint density at radius 3 is 2.70 bits per heavy atom. The third-order valence-corrected chi connectivity index (χ3v) is 8.33. The number of amides is 1. The normalized spacial score (nSPS) is 21.9. The predicted octanol–water partition coefficient (Wildman–Crippen LogP) is 2.90. The number of carbonyl (C=O) groups is 2. The number of benzene rings is 1. The number of aliphatic hydroxyl groups excluding tert-OH is 1. The van der Waals surface area contributed by atoms with E-state index < -0.39 is 47.2 Å². The monoisotopic (exact) mass is 581 g/mol. The van der Waals surface area contributed by atoms with E-state index >= 15 is 0 Å². The van der Waals surface area contributed by atoms with Crippen LogP contribution in [0.2, 0.25) is 5.02 Å². The molecule has 3 atom stereocenters. The highest BCUT2D eigenvalue weighted by atomic mass is 35.5. The fourth-order valence-corrected chi connectivity index (χ4v) is 6.14. The molecule has 3 N–H and O–H groups in total. The van der Waals surface area contributed by atoms with Crippen molar-refractivity contribution in [3.8, 4) is 11.4 Å². The maximum absolute atomic E-state index is 14.8. The van der Waals surface area contributed by atoms with E-state index in [9.17, 15) is 42.2 Å². The third-order valence-electron chi connectivity index (χ3n) is 7.92. The third kappa shape index (κ3) is 3.60. The van der Waals surface area contributed by atoms with Gasteiger partial charge in [-0.1, -0.05) is 18.5 Å². The summed E-state index contributed by atoms with van der Waals surface area (Å²) in [5.74, 6) is -3.36. The zero-order chi connectivity index (χ0) is 28.9. The minimum atomic E-state index is -5.20. The van der Waals surface area contributed by atoms with Gasteiger partial charge in [0.05, 0.1) is 40.1 Å². The highest BCUT2D eigenvalue weighted by molar-refractivity contribution is 6.32. The number of nitrogens with one attached hydrogen (secondary N) is 1. The largest absolute Gasteiger partial charge is 0.458 e. The topological polar surface area (TPSA) is 131 Å². The Morgan fingerprint density at radius 1 is 1.30 bits per heavy atom. The summed E-state index contributed by atoms with van der Waals surface area (Å²) in [5.41, 5.74) is -1.08. The van der Waals surface area contributed by atoms with Crippen LogP contribution in [-0.4, -0.2) is 43.9 Å². The molecule has 1 aromatic carbocycles. The Labute approximate surface area is 227 Å². The number of rotatable bonds is 3. The van der Waals surface area contributed by atoms with E-state index in [0.29, 0.717) is 22.1 Å². The summed E-state index contributed by atoms with van der Waals surface area (Å²) in [6, 6.07) is 1.43. The van der Waals surface area contributed by atoms with Crippen LogP contribution >= 0.6 is 11.6 Å².